The van der Waals surface area contributed by atoms with Crippen LogP contribution in [0.25, 0.3) is 0 Å². The van der Waals surface area contributed by atoms with E-state index in [0.29, 0.717) is 0 Å². The van der Waals surface area contributed by atoms with Crippen LogP contribution in [0, 0.1) is 0 Å². The summed E-state index contributed by atoms with van der Waals surface area (Å²) in [5, 5.41) is 0. The van der Waals surface area contributed by atoms with E-state index in [9.17, 15) is 0 Å². The van der Waals surface area contributed by atoms with E-state index in [1.807, 2.05) is 0 Å². The first-order chi connectivity index (χ1) is 0. The molecule has 0 nitrogen and oxygen atoms in total. The Labute approximate surface area is 83.3 Å². The van der Waals surface area contributed by atoms with Gasteiger partial charge in [0.05, 0.1) is 0 Å². The Bertz CT molecular complexity index is 4.85. The fourth-order valence-corrected chi connectivity index (χ4v) is 0. The first-order valence-electron chi connectivity index (χ1n) is 0. The van der Waals surface area contributed by atoms with Crippen molar-refractivity contribution in [3.63, 3.8) is 0 Å². The van der Waals surface area contributed by atoms with Crippen LogP contribution in [0.3, 0.4) is 0 Å². The molecule has 0 aliphatic carbocycles. The van der Waals surface area contributed by atoms with Crippen LogP contribution in [-0.4, -0.2) is 34.7 Å². The van der Waals surface area contributed by atoms with Gasteiger partial charge in [-0.2, -0.15) is 0 Å². The molecule has 0 aliphatic heterocycles. The summed E-state index contributed by atoms with van der Waals surface area (Å²) in [4.78, 5) is 0. The summed E-state index contributed by atoms with van der Waals surface area (Å²) in [6, 6.07) is 0. The van der Waals surface area contributed by atoms with Gasteiger partial charge >= 0.3 is 0 Å². The zero-order chi connectivity index (χ0) is 0. The molecule has 0 rings (SSSR count). The Balaban J connectivity index is 0. The predicted molar refractivity (Wildman–Crippen MR) is 11.5 cm³/mol. The molecule has 0 fully saturated rings. The first-order valence-corrected chi connectivity index (χ1v) is 0. The number of rotatable bonds is 0. The van der Waals surface area contributed by atoms with E-state index in [2.05, 4.69) is 0 Å². The van der Waals surface area contributed by atoms with Gasteiger partial charge in [-0.1, -0.05) is 0 Å². The van der Waals surface area contributed by atoms with Crippen molar-refractivity contribution in [2.75, 3.05) is 0 Å². The van der Waals surface area contributed by atoms with Crippen molar-refractivity contribution in [1.29, 1.82) is 0 Å². The molecule has 0 bridgehead atoms. The molecular weight excluding hydrogens is 230 g/mol. The quantitative estimate of drug-likeness (QED) is 0.479. The van der Waals surface area contributed by atoms with Gasteiger partial charge in [0, 0.05) is 84.2 Å². The van der Waals surface area contributed by atoms with Crippen molar-refractivity contribution < 1.29 is 49.5 Å². The summed E-state index contributed by atoms with van der Waals surface area (Å²) in [5.41, 5.74) is 0. The van der Waals surface area contributed by atoms with E-state index in [4.69, 9.17) is 0 Å². The summed E-state index contributed by atoms with van der Waals surface area (Å²) in [6.45, 7) is 0. The minimum atomic E-state index is 0. The molecular formula is Al2Ni3. The van der Waals surface area contributed by atoms with E-state index in [1.54, 1.807) is 0 Å². The smallest absolute Gasteiger partial charge is 0 e. The van der Waals surface area contributed by atoms with Crippen LogP contribution in [0.2, 0.25) is 0 Å². The zero-order valence-corrected chi connectivity index (χ0v) is 7.38. The molecule has 0 aromatic heterocycles. The Kier molecular flexibility index (Phi) is 310. The van der Waals surface area contributed by atoms with Crippen LogP contribution in [0.4, 0.5) is 0 Å². The van der Waals surface area contributed by atoms with Gasteiger partial charge in [0.25, 0.3) is 0 Å². The van der Waals surface area contributed by atoms with Crippen molar-refractivity contribution in [2.45, 2.75) is 0 Å². The van der Waals surface area contributed by atoms with Gasteiger partial charge in [-0.15, -0.1) is 0 Å². The van der Waals surface area contributed by atoms with Gasteiger partial charge in [0.15, 0.2) is 0 Å². The van der Waals surface area contributed by atoms with E-state index in [1.165, 1.54) is 0 Å². The number of hydrogen-bond acceptors (Lipinski definition) is 0. The molecule has 0 atom stereocenters. The van der Waals surface area contributed by atoms with Gasteiger partial charge in [-0.25, -0.2) is 0 Å². The molecule has 0 saturated heterocycles. The summed E-state index contributed by atoms with van der Waals surface area (Å²) in [6.07, 6.45) is 0. The molecule has 6 radical (unpaired) electrons. The molecule has 0 aromatic rings. The van der Waals surface area contributed by atoms with Crippen molar-refractivity contribution in [3.05, 3.63) is 0 Å². The molecule has 36 valence electrons. The van der Waals surface area contributed by atoms with Crippen molar-refractivity contribution in [2.24, 2.45) is 0 Å². The molecule has 0 spiro atoms. The van der Waals surface area contributed by atoms with Crippen LogP contribution in [0.5, 0.6) is 0 Å². The van der Waals surface area contributed by atoms with Crippen molar-refractivity contribution >= 4 is 34.7 Å². The standard InChI is InChI=1S/2Al.3Ni. The van der Waals surface area contributed by atoms with Crippen molar-refractivity contribution in [1.82, 2.24) is 0 Å². The minimum absolute atomic E-state index is 0. The van der Waals surface area contributed by atoms with E-state index >= 15 is 0 Å². The fraction of sp³-hybridized carbons (Fsp3) is 0. The van der Waals surface area contributed by atoms with Crippen LogP contribution < -0.4 is 0 Å². The summed E-state index contributed by atoms with van der Waals surface area (Å²) < 4.78 is 0. The Hall–Kier alpha value is 2.55. The molecule has 0 saturated carbocycles. The molecule has 5 heteroatoms. The van der Waals surface area contributed by atoms with Gasteiger partial charge in [0.1, 0.15) is 0 Å². The minimum Gasteiger partial charge on any atom is 0 e. The van der Waals surface area contributed by atoms with Gasteiger partial charge in [-0.05, 0) is 0 Å². The summed E-state index contributed by atoms with van der Waals surface area (Å²) in [7, 11) is 0. The van der Waals surface area contributed by atoms with Gasteiger partial charge in [-0.3, -0.25) is 0 Å². The Morgan fingerprint density at radius 2 is 0.400 bits per heavy atom. The Morgan fingerprint density at radius 3 is 0.400 bits per heavy atom. The fourth-order valence-electron chi connectivity index (χ4n) is 0. The van der Waals surface area contributed by atoms with Crippen LogP contribution in [0.1, 0.15) is 0 Å². The average molecular weight is 230 g/mol. The molecule has 0 aromatic carbocycles. The number of hydrogen-bond donors (Lipinski definition) is 0. The second kappa shape index (κ2) is 31.1. The largest absolute Gasteiger partial charge is 0 e. The van der Waals surface area contributed by atoms with E-state index in [-0.39, 0.29) is 84.2 Å². The van der Waals surface area contributed by atoms with Crippen LogP contribution in [0.15, 0.2) is 0 Å². The average Bonchev–Trinajstić information content (AvgIpc) is 0. The van der Waals surface area contributed by atoms with Crippen LogP contribution >= 0.6 is 0 Å². The van der Waals surface area contributed by atoms with Crippen molar-refractivity contribution in [3.8, 4) is 0 Å². The summed E-state index contributed by atoms with van der Waals surface area (Å²) >= 11 is 0. The maximum Gasteiger partial charge on any atom is 0 e. The first kappa shape index (κ1) is 49.9. The molecule has 5 heavy (non-hydrogen) atoms. The van der Waals surface area contributed by atoms with Crippen LogP contribution in [-0.2, 0) is 49.5 Å². The second-order valence-corrected chi connectivity index (χ2v) is 0. The zero-order valence-electron chi connectivity index (χ0n) is 2.10. The van der Waals surface area contributed by atoms with Gasteiger partial charge in [0.2, 0.25) is 0 Å². The third-order valence-electron chi connectivity index (χ3n) is 0. The van der Waals surface area contributed by atoms with Gasteiger partial charge < -0.3 is 0 Å². The molecule has 0 heterocycles. The molecule has 0 amide bonds. The molecule has 0 unspecified atom stereocenters. The van der Waals surface area contributed by atoms with E-state index < -0.39 is 0 Å². The topological polar surface area (TPSA) is 0 Å². The maximum atomic E-state index is 0. The predicted octanol–water partition coefficient (Wildman–Crippen LogP) is -0.769. The normalized spacial score (nSPS) is 0. The monoisotopic (exact) mass is 228 g/mol. The maximum absolute atomic E-state index is 0. The van der Waals surface area contributed by atoms with E-state index in [0.717, 1.165) is 0 Å². The SMILES string of the molecule is [Al].[Al].[Ni].[Ni].[Ni]. The Morgan fingerprint density at radius 1 is 0.400 bits per heavy atom. The molecule has 0 N–H and O–H groups in total. The third-order valence-corrected chi connectivity index (χ3v) is 0. The summed E-state index contributed by atoms with van der Waals surface area (Å²) in [5.74, 6) is 0. The third kappa shape index (κ3) is 20.9. The molecule has 0 aliphatic rings. The second-order valence-electron chi connectivity index (χ2n) is 0.